The van der Waals surface area contributed by atoms with Gasteiger partial charge >= 0.3 is 10.4 Å². The average Bonchev–Trinajstić information content (AvgIpc) is 2.77. The normalized spacial score (nSPS) is 10.5. The Kier molecular flexibility index (Phi) is 5.90. The lowest BCUT2D eigenvalue weighted by Gasteiger charge is -1.95. The maximum Gasteiger partial charge on any atom is 0.394 e. The Morgan fingerprint density at radius 2 is 1.84 bits per heavy atom. The number of benzene rings is 1. The molecule has 0 aliphatic heterocycles. The summed E-state index contributed by atoms with van der Waals surface area (Å²) in [5, 5.41) is 5.46. The molecule has 0 bridgehead atoms. The predicted molar refractivity (Wildman–Crippen MR) is 75.9 cm³/mol. The molecule has 0 aliphatic rings. The summed E-state index contributed by atoms with van der Waals surface area (Å²) in [5.74, 6) is 0. The Bertz CT molecular complexity index is 588. The SMILES string of the molecule is CCNc1cnc(-c2ccccc2)s1.O=S(=O)(O)O. The van der Waals surface area contributed by atoms with Gasteiger partial charge in [-0.05, 0) is 6.92 Å². The molecule has 2 rings (SSSR count). The highest BCUT2D eigenvalue weighted by Crippen LogP contribution is 2.27. The van der Waals surface area contributed by atoms with Gasteiger partial charge in [-0.3, -0.25) is 9.11 Å². The van der Waals surface area contributed by atoms with Crippen LogP contribution in [-0.4, -0.2) is 29.1 Å². The van der Waals surface area contributed by atoms with Crippen molar-refractivity contribution in [2.75, 3.05) is 11.9 Å². The Morgan fingerprint density at radius 3 is 2.37 bits per heavy atom. The van der Waals surface area contributed by atoms with Gasteiger partial charge in [-0.25, -0.2) is 4.98 Å². The first-order valence-electron chi connectivity index (χ1n) is 5.35. The van der Waals surface area contributed by atoms with Crippen molar-refractivity contribution < 1.29 is 17.5 Å². The smallest absolute Gasteiger partial charge is 0.376 e. The summed E-state index contributed by atoms with van der Waals surface area (Å²) >= 11 is 1.69. The van der Waals surface area contributed by atoms with Crippen molar-refractivity contribution in [2.45, 2.75) is 6.92 Å². The van der Waals surface area contributed by atoms with Gasteiger partial charge in [0.05, 0.1) is 6.20 Å². The quantitative estimate of drug-likeness (QED) is 0.754. The van der Waals surface area contributed by atoms with Crippen molar-refractivity contribution in [1.29, 1.82) is 0 Å². The fourth-order valence-corrected chi connectivity index (χ4v) is 2.13. The average molecular weight is 302 g/mol. The lowest BCUT2D eigenvalue weighted by Crippen LogP contribution is -1.92. The molecule has 0 amide bonds. The summed E-state index contributed by atoms with van der Waals surface area (Å²) < 4.78 is 31.6. The van der Waals surface area contributed by atoms with Gasteiger partial charge < -0.3 is 5.32 Å². The van der Waals surface area contributed by atoms with Gasteiger partial charge in [0, 0.05) is 12.1 Å². The van der Waals surface area contributed by atoms with Crippen LogP contribution >= 0.6 is 11.3 Å². The second-order valence-corrected chi connectivity index (χ2v) is 5.30. The summed E-state index contributed by atoms with van der Waals surface area (Å²) in [6, 6.07) is 10.2. The number of rotatable bonds is 3. The minimum Gasteiger partial charge on any atom is -0.376 e. The molecule has 0 saturated heterocycles. The Balaban J connectivity index is 0.000000312. The van der Waals surface area contributed by atoms with Crippen molar-refractivity contribution in [2.24, 2.45) is 0 Å². The van der Waals surface area contributed by atoms with Gasteiger partial charge in [-0.1, -0.05) is 41.7 Å². The topological polar surface area (TPSA) is 99.5 Å². The van der Waals surface area contributed by atoms with Crippen LogP contribution < -0.4 is 5.32 Å². The summed E-state index contributed by atoms with van der Waals surface area (Å²) in [5.41, 5.74) is 1.18. The van der Waals surface area contributed by atoms with Crippen molar-refractivity contribution in [3.8, 4) is 10.6 Å². The molecule has 1 heterocycles. The number of hydrogen-bond donors (Lipinski definition) is 3. The Hall–Kier alpha value is -1.48. The summed E-state index contributed by atoms with van der Waals surface area (Å²) in [6.07, 6.45) is 1.89. The van der Waals surface area contributed by atoms with Crippen molar-refractivity contribution in [1.82, 2.24) is 4.98 Å². The summed E-state index contributed by atoms with van der Waals surface area (Å²) in [6.45, 7) is 3.03. The van der Waals surface area contributed by atoms with Gasteiger partial charge in [0.25, 0.3) is 0 Å². The lowest BCUT2D eigenvalue weighted by atomic mass is 10.2. The molecule has 8 heteroatoms. The van der Waals surface area contributed by atoms with E-state index >= 15 is 0 Å². The second-order valence-electron chi connectivity index (χ2n) is 3.37. The van der Waals surface area contributed by atoms with E-state index in [4.69, 9.17) is 17.5 Å². The van der Waals surface area contributed by atoms with Crippen LogP contribution in [0.1, 0.15) is 6.92 Å². The van der Waals surface area contributed by atoms with Gasteiger partial charge in [0.2, 0.25) is 0 Å². The predicted octanol–water partition coefficient (Wildman–Crippen LogP) is 2.59. The fourth-order valence-electron chi connectivity index (χ4n) is 1.24. The molecule has 0 atom stereocenters. The minimum absolute atomic E-state index is 0.941. The van der Waals surface area contributed by atoms with Crippen molar-refractivity contribution >= 4 is 26.7 Å². The Morgan fingerprint density at radius 1 is 1.26 bits per heavy atom. The highest BCUT2D eigenvalue weighted by molar-refractivity contribution is 7.79. The lowest BCUT2D eigenvalue weighted by molar-refractivity contribution is 0.381. The van der Waals surface area contributed by atoms with E-state index in [1.165, 1.54) is 5.56 Å². The van der Waals surface area contributed by atoms with E-state index in [-0.39, 0.29) is 0 Å². The second kappa shape index (κ2) is 7.19. The van der Waals surface area contributed by atoms with Gasteiger partial charge in [-0.2, -0.15) is 8.42 Å². The molecule has 0 aliphatic carbocycles. The first kappa shape index (κ1) is 15.6. The van der Waals surface area contributed by atoms with Gasteiger partial charge in [-0.15, -0.1) is 0 Å². The van der Waals surface area contributed by atoms with E-state index in [0.717, 1.165) is 16.6 Å². The number of nitrogens with one attached hydrogen (secondary N) is 1. The number of aromatic nitrogens is 1. The Labute approximate surface area is 115 Å². The number of thiazole rings is 1. The van der Waals surface area contributed by atoms with Crippen molar-refractivity contribution in [3.63, 3.8) is 0 Å². The van der Waals surface area contributed by atoms with Crippen LogP contribution in [-0.2, 0) is 10.4 Å². The highest BCUT2D eigenvalue weighted by atomic mass is 32.3. The molecule has 0 saturated carbocycles. The third-order valence-electron chi connectivity index (χ3n) is 1.88. The van der Waals surface area contributed by atoms with E-state index in [2.05, 4.69) is 29.4 Å². The maximum atomic E-state index is 8.74. The van der Waals surface area contributed by atoms with Crippen LogP contribution in [0, 0.1) is 0 Å². The zero-order valence-corrected chi connectivity index (χ0v) is 11.8. The first-order valence-corrected chi connectivity index (χ1v) is 7.56. The van der Waals surface area contributed by atoms with Crippen LogP contribution in [0.4, 0.5) is 5.00 Å². The molecule has 6 nitrogen and oxygen atoms in total. The zero-order valence-electron chi connectivity index (χ0n) is 10.1. The van der Waals surface area contributed by atoms with E-state index in [0.29, 0.717) is 0 Å². The number of hydrogen-bond acceptors (Lipinski definition) is 5. The van der Waals surface area contributed by atoms with Crippen LogP contribution in [0.5, 0.6) is 0 Å². The largest absolute Gasteiger partial charge is 0.394 e. The van der Waals surface area contributed by atoms with Crippen LogP contribution in [0.3, 0.4) is 0 Å². The molecule has 0 unspecified atom stereocenters. The van der Waals surface area contributed by atoms with E-state index in [9.17, 15) is 0 Å². The number of anilines is 1. The third-order valence-corrected chi connectivity index (χ3v) is 2.88. The summed E-state index contributed by atoms with van der Waals surface area (Å²) in [7, 11) is -4.67. The maximum absolute atomic E-state index is 8.74. The van der Waals surface area contributed by atoms with E-state index < -0.39 is 10.4 Å². The minimum atomic E-state index is -4.67. The van der Waals surface area contributed by atoms with E-state index in [1.807, 2.05) is 24.4 Å². The molecule has 1 aromatic carbocycles. The summed E-state index contributed by atoms with van der Waals surface area (Å²) in [4.78, 5) is 4.36. The molecule has 3 N–H and O–H groups in total. The van der Waals surface area contributed by atoms with Crippen LogP contribution in [0.15, 0.2) is 36.5 Å². The molecule has 0 radical (unpaired) electrons. The van der Waals surface area contributed by atoms with Gasteiger partial charge in [0.15, 0.2) is 0 Å². The molecular formula is C11H14N2O4S2. The van der Waals surface area contributed by atoms with Crippen LogP contribution in [0.2, 0.25) is 0 Å². The van der Waals surface area contributed by atoms with Gasteiger partial charge in [0.1, 0.15) is 10.0 Å². The molecule has 2 aromatic rings. The standard InChI is InChI=1S/C11H12N2S.H2O4S/c1-2-12-10-8-13-11(14-10)9-6-4-3-5-7-9;1-5(2,3)4/h3-8,12H,2H2,1H3;(H2,1,2,3,4). The fraction of sp³-hybridized carbons (Fsp3) is 0.182. The third kappa shape index (κ3) is 6.87. The highest BCUT2D eigenvalue weighted by Gasteiger charge is 2.02. The molecule has 104 valence electrons. The number of nitrogens with zero attached hydrogens (tertiary/aromatic N) is 1. The molecule has 1 aromatic heterocycles. The van der Waals surface area contributed by atoms with E-state index in [1.54, 1.807) is 11.3 Å². The molecule has 0 spiro atoms. The molecular weight excluding hydrogens is 288 g/mol. The van der Waals surface area contributed by atoms with Crippen molar-refractivity contribution in [3.05, 3.63) is 36.5 Å². The van der Waals surface area contributed by atoms with Crippen LogP contribution in [0.25, 0.3) is 10.6 Å². The first-order chi connectivity index (χ1) is 8.90. The molecule has 19 heavy (non-hydrogen) atoms. The zero-order chi connectivity index (χ0) is 14.3. The molecule has 0 fully saturated rings. The monoisotopic (exact) mass is 302 g/mol.